The second kappa shape index (κ2) is 5.69. The number of hydrazine groups is 1. The van der Waals surface area contributed by atoms with E-state index in [0.29, 0.717) is 11.4 Å². The molecule has 2 heterocycles. The van der Waals surface area contributed by atoms with Crippen LogP contribution < -0.4 is 11.3 Å². The number of aryl methyl sites for hydroxylation is 3. The predicted molar refractivity (Wildman–Crippen MR) is 75.7 cm³/mol. The molecule has 0 aromatic carbocycles. The van der Waals surface area contributed by atoms with Crippen LogP contribution in [0.5, 0.6) is 0 Å². The molecule has 0 radical (unpaired) electrons. The lowest BCUT2D eigenvalue weighted by molar-refractivity contribution is 0.528. The topological polar surface area (TPSA) is 68.8 Å². The first-order valence-electron chi connectivity index (χ1n) is 6.08. The van der Waals surface area contributed by atoms with Crippen LogP contribution in [0.4, 0.5) is 0 Å². The molecule has 102 valence electrons. The molecule has 0 aliphatic rings. The maximum absolute atomic E-state index is 6.27. The lowest BCUT2D eigenvalue weighted by atomic mass is 10.0. The second-order valence-corrected chi connectivity index (χ2v) is 5.07. The molecule has 2 rings (SSSR count). The number of aromatic nitrogens is 3. The third-order valence-corrected chi connectivity index (χ3v) is 3.65. The molecule has 1 atom stereocenters. The summed E-state index contributed by atoms with van der Waals surface area (Å²) in [6.45, 7) is 3.90. The van der Waals surface area contributed by atoms with Crippen molar-refractivity contribution < 1.29 is 0 Å². The molecule has 0 spiro atoms. The largest absolute Gasteiger partial charge is 0.271 e. The van der Waals surface area contributed by atoms with Crippen molar-refractivity contribution in [3.8, 4) is 0 Å². The molecule has 2 aromatic rings. The summed E-state index contributed by atoms with van der Waals surface area (Å²) in [4.78, 5) is 4.19. The molecule has 0 bridgehead atoms. The molecule has 0 aliphatic carbocycles. The highest BCUT2D eigenvalue weighted by Gasteiger charge is 2.18. The van der Waals surface area contributed by atoms with Gasteiger partial charge in [0.2, 0.25) is 0 Å². The first-order valence-corrected chi connectivity index (χ1v) is 6.46. The van der Waals surface area contributed by atoms with E-state index in [1.54, 1.807) is 4.68 Å². The Labute approximate surface area is 117 Å². The number of rotatable bonds is 4. The molecular weight excluding hydrogens is 262 g/mol. The number of nitrogens with two attached hydrogens (primary N) is 1. The SMILES string of the molecule is Cc1cncc(C(Cc2c(Cl)c(C)nn2C)NN)c1. The molecule has 5 nitrogen and oxygen atoms in total. The molecule has 0 saturated carbocycles. The third kappa shape index (κ3) is 2.94. The molecule has 6 heteroatoms. The lowest BCUT2D eigenvalue weighted by Gasteiger charge is -2.16. The molecule has 3 N–H and O–H groups in total. The van der Waals surface area contributed by atoms with Crippen molar-refractivity contribution in [1.29, 1.82) is 0 Å². The number of halogens is 1. The Kier molecular flexibility index (Phi) is 4.19. The Hall–Kier alpha value is -1.43. The van der Waals surface area contributed by atoms with Crippen LogP contribution in [0.2, 0.25) is 5.02 Å². The van der Waals surface area contributed by atoms with Gasteiger partial charge in [0, 0.05) is 25.9 Å². The van der Waals surface area contributed by atoms with Gasteiger partial charge in [-0.3, -0.25) is 20.9 Å². The number of pyridine rings is 1. The van der Waals surface area contributed by atoms with Crippen LogP contribution in [-0.2, 0) is 13.5 Å². The van der Waals surface area contributed by atoms with Crippen molar-refractivity contribution in [2.45, 2.75) is 26.3 Å². The summed E-state index contributed by atoms with van der Waals surface area (Å²) in [5, 5.41) is 5.01. The van der Waals surface area contributed by atoms with Gasteiger partial charge in [-0.1, -0.05) is 17.7 Å². The van der Waals surface area contributed by atoms with Gasteiger partial charge in [-0.25, -0.2) is 0 Å². The maximum atomic E-state index is 6.27. The molecular formula is C13H18ClN5. The van der Waals surface area contributed by atoms with E-state index in [9.17, 15) is 0 Å². The van der Waals surface area contributed by atoms with E-state index < -0.39 is 0 Å². The van der Waals surface area contributed by atoms with Crippen molar-refractivity contribution in [2.24, 2.45) is 12.9 Å². The van der Waals surface area contributed by atoms with Crippen LogP contribution in [-0.4, -0.2) is 14.8 Å². The molecule has 1 unspecified atom stereocenters. The van der Waals surface area contributed by atoms with E-state index in [1.165, 1.54) is 0 Å². The van der Waals surface area contributed by atoms with E-state index in [2.05, 4.69) is 21.6 Å². The Bertz CT molecular complexity index is 578. The van der Waals surface area contributed by atoms with Gasteiger partial charge in [-0.15, -0.1) is 0 Å². The van der Waals surface area contributed by atoms with Crippen LogP contribution in [0.15, 0.2) is 18.5 Å². The average molecular weight is 280 g/mol. The summed E-state index contributed by atoms with van der Waals surface area (Å²) in [7, 11) is 1.89. The number of nitrogens with one attached hydrogen (secondary N) is 1. The van der Waals surface area contributed by atoms with Crippen LogP contribution in [0, 0.1) is 13.8 Å². The summed E-state index contributed by atoms with van der Waals surface area (Å²) in [5.41, 5.74) is 6.75. The van der Waals surface area contributed by atoms with Crippen molar-refractivity contribution in [1.82, 2.24) is 20.2 Å². The minimum absolute atomic E-state index is 0.0419. The van der Waals surface area contributed by atoms with Crippen molar-refractivity contribution in [2.75, 3.05) is 0 Å². The number of hydrogen-bond donors (Lipinski definition) is 2. The van der Waals surface area contributed by atoms with E-state index >= 15 is 0 Å². The number of nitrogens with zero attached hydrogens (tertiary/aromatic N) is 3. The first-order chi connectivity index (χ1) is 9.02. The Morgan fingerprint density at radius 1 is 1.42 bits per heavy atom. The summed E-state index contributed by atoms with van der Waals surface area (Å²) in [5.74, 6) is 5.66. The minimum Gasteiger partial charge on any atom is -0.271 e. The number of hydrogen-bond acceptors (Lipinski definition) is 4. The smallest absolute Gasteiger partial charge is 0.0847 e. The molecule has 19 heavy (non-hydrogen) atoms. The van der Waals surface area contributed by atoms with Gasteiger partial charge in [0.15, 0.2) is 0 Å². The molecule has 0 amide bonds. The van der Waals surface area contributed by atoms with Crippen LogP contribution in [0.1, 0.15) is 28.6 Å². The fraction of sp³-hybridized carbons (Fsp3) is 0.385. The van der Waals surface area contributed by atoms with E-state index in [1.807, 2.05) is 33.3 Å². The Balaban J connectivity index is 2.29. The molecule has 0 fully saturated rings. The van der Waals surface area contributed by atoms with E-state index in [0.717, 1.165) is 22.5 Å². The van der Waals surface area contributed by atoms with Gasteiger partial charge in [0.05, 0.1) is 22.5 Å². The van der Waals surface area contributed by atoms with Crippen molar-refractivity contribution in [3.05, 3.63) is 46.0 Å². The summed E-state index contributed by atoms with van der Waals surface area (Å²) in [6.07, 6.45) is 4.30. The fourth-order valence-corrected chi connectivity index (χ4v) is 2.37. The minimum atomic E-state index is -0.0419. The molecule has 0 saturated heterocycles. The van der Waals surface area contributed by atoms with E-state index in [4.69, 9.17) is 17.4 Å². The zero-order valence-corrected chi connectivity index (χ0v) is 12.1. The fourth-order valence-electron chi connectivity index (χ4n) is 2.14. The Morgan fingerprint density at radius 2 is 2.16 bits per heavy atom. The maximum Gasteiger partial charge on any atom is 0.0847 e. The third-order valence-electron chi connectivity index (χ3n) is 3.16. The predicted octanol–water partition coefficient (Wildman–Crippen LogP) is 1.83. The summed E-state index contributed by atoms with van der Waals surface area (Å²) < 4.78 is 1.80. The average Bonchev–Trinajstić information content (AvgIpc) is 2.61. The quantitative estimate of drug-likeness (QED) is 0.662. The van der Waals surface area contributed by atoms with Gasteiger partial charge in [-0.2, -0.15) is 5.10 Å². The van der Waals surface area contributed by atoms with Crippen molar-refractivity contribution in [3.63, 3.8) is 0 Å². The highest BCUT2D eigenvalue weighted by atomic mass is 35.5. The highest BCUT2D eigenvalue weighted by Crippen LogP contribution is 2.25. The van der Waals surface area contributed by atoms with Gasteiger partial charge in [-0.05, 0) is 25.0 Å². The lowest BCUT2D eigenvalue weighted by Crippen LogP contribution is -2.30. The van der Waals surface area contributed by atoms with E-state index in [-0.39, 0.29) is 6.04 Å². The van der Waals surface area contributed by atoms with Gasteiger partial charge in [0.1, 0.15) is 0 Å². The summed E-state index contributed by atoms with van der Waals surface area (Å²) in [6, 6.07) is 2.02. The first kappa shape index (κ1) is 14.0. The van der Waals surface area contributed by atoms with Gasteiger partial charge < -0.3 is 0 Å². The van der Waals surface area contributed by atoms with Crippen LogP contribution in [0.25, 0.3) is 0 Å². The van der Waals surface area contributed by atoms with Crippen LogP contribution in [0.3, 0.4) is 0 Å². The highest BCUT2D eigenvalue weighted by molar-refractivity contribution is 6.31. The van der Waals surface area contributed by atoms with Gasteiger partial charge >= 0.3 is 0 Å². The molecule has 0 aliphatic heterocycles. The van der Waals surface area contributed by atoms with Crippen molar-refractivity contribution >= 4 is 11.6 Å². The normalized spacial score (nSPS) is 12.7. The summed E-state index contributed by atoms with van der Waals surface area (Å²) >= 11 is 6.27. The molecule has 2 aromatic heterocycles. The van der Waals surface area contributed by atoms with Crippen LogP contribution >= 0.6 is 11.6 Å². The standard InChI is InChI=1S/C13H18ClN5/c1-8-4-10(7-16-6-8)11(17-15)5-12-13(14)9(2)18-19(12)3/h4,6-7,11,17H,5,15H2,1-3H3. The Morgan fingerprint density at radius 3 is 2.68 bits per heavy atom. The zero-order valence-electron chi connectivity index (χ0n) is 11.3. The monoisotopic (exact) mass is 279 g/mol. The zero-order chi connectivity index (χ0) is 14.0. The second-order valence-electron chi connectivity index (χ2n) is 4.69. The van der Waals surface area contributed by atoms with Gasteiger partial charge in [0.25, 0.3) is 0 Å².